The van der Waals surface area contributed by atoms with Gasteiger partial charge in [0.25, 0.3) is 5.91 Å². The molecule has 0 fully saturated rings. The lowest BCUT2D eigenvalue weighted by Crippen LogP contribution is -2.21. The Labute approximate surface area is 175 Å². The molecule has 1 amide bonds. The third-order valence-electron chi connectivity index (χ3n) is 4.23. The van der Waals surface area contributed by atoms with E-state index in [0.29, 0.717) is 33.3 Å². The van der Waals surface area contributed by atoms with Crippen LogP contribution in [0.2, 0.25) is 0 Å². The smallest absolute Gasteiger partial charge is 0.262 e. The van der Waals surface area contributed by atoms with Crippen LogP contribution in [0.5, 0.6) is 17.2 Å². The number of aromatic hydroxyl groups is 1. The standard InChI is InChI=1S/C21H17N3O5S/c1-27-16-6-4-13(10-18(16)28-2)23-20-15(19(26)24-21-22-7-8-30-21)9-12-3-5-14(25)11-17(12)29-20/h3-11,25H,1-2H3,(H,22,24,26). The maximum atomic E-state index is 12.9. The molecule has 0 bridgehead atoms. The van der Waals surface area contributed by atoms with E-state index in [9.17, 15) is 9.90 Å². The maximum absolute atomic E-state index is 12.9. The fraction of sp³-hybridized carbons (Fsp3) is 0.0952. The van der Waals surface area contributed by atoms with Gasteiger partial charge in [0.1, 0.15) is 16.9 Å². The van der Waals surface area contributed by atoms with Crippen molar-refractivity contribution in [2.45, 2.75) is 0 Å². The Morgan fingerprint density at radius 3 is 2.70 bits per heavy atom. The number of fused-ring (bicyclic) bond motifs is 1. The van der Waals surface area contributed by atoms with Gasteiger partial charge in [0.2, 0.25) is 5.55 Å². The molecular weight excluding hydrogens is 406 g/mol. The zero-order valence-corrected chi connectivity index (χ0v) is 16.9. The van der Waals surface area contributed by atoms with Crippen LogP contribution in [0, 0.1) is 0 Å². The summed E-state index contributed by atoms with van der Waals surface area (Å²) in [7, 11) is 3.07. The number of benzene rings is 2. The summed E-state index contributed by atoms with van der Waals surface area (Å²) in [6.45, 7) is 0. The van der Waals surface area contributed by atoms with Gasteiger partial charge in [-0.05, 0) is 30.3 Å². The summed E-state index contributed by atoms with van der Waals surface area (Å²) in [6, 6.07) is 11.4. The summed E-state index contributed by atoms with van der Waals surface area (Å²) in [5.41, 5.74) is 1.19. The molecule has 9 heteroatoms. The highest BCUT2D eigenvalue weighted by Crippen LogP contribution is 2.31. The zero-order valence-electron chi connectivity index (χ0n) is 16.1. The Kier molecular flexibility index (Phi) is 5.36. The van der Waals surface area contributed by atoms with Crippen molar-refractivity contribution >= 4 is 39.0 Å². The normalized spacial score (nSPS) is 11.5. The fourth-order valence-electron chi connectivity index (χ4n) is 2.81. The highest BCUT2D eigenvalue weighted by Gasteiger charge is 2.15. The Balaban J connectivity index is 1.87. The molecule has 0 aliphatic heterocycles. The van der Waals surface area contributed by atoms with Gasteiger partial charge >= 0.3 is 0 Å². The molecule has 8 nitrogen and oxygen atoms in total. The predicted molar refractivity (Wildman–Crippen MR) is 113 cm³/mol. The van der Waals surface area contributed by atoms with Crippen molar-refractivity contribution in [2.24, 2.45) is 4.99 Å². The Morgan fingerprint density at radius 1 is 1.13 bits per heavy atom. The van der Waals surface area contributed by atoms with Gasteiger partial charge in [-0.1, -0.05) is 0 Å². The molecule has 2 N–H and O–H groups in total. The monoisotopic (exact) mass is 423 g/mol. The first-order chi connectivity index (χ1) is 14.6. The summed E-state index contributed by atoms with van der Waals surface area (Å²) < 4.78 is 16.4. The molecule has 2 aromatic carbocycles. The first-order valence-electron chi connectivity index (χ1n) is 8.82. The van der Waals surface area contributed by atoms with E-state index in [4.69, 9.17) is 13.9 Å². The van der Waals surface area contributed by atoms with Crippen LogP contribution < -0.4 is 20.3 Å². The van der Waals surface area contributed by atoms with Gasteiger partial charge in [0.15, 0.2) is 16.6 Å². The number of carbonyl (C=O) groups excluding carboxylic acids is 1. The van der Waals surface area contributed by atoms with E-state index >= 15 is 0 Å². The number of hydrogen-bond donors (Lipinski definition) is 2. The van der Waals surface area contributed by atoms with Crippen molar-refractivity contribution in [3.63, 3.8) is 0 Å². The van der Waals surface area contributed by atoms with Gasteiger partial charge in [0.05, 0.1) is 19.9 Å². The molecular formula is C21H17N3O5S. The number of amides is 1. The summed E-state index contributed by atoms with van der Waals surface area (Å²) in [6.07, 6.45) is 1.60. The number of phenols is 1. The Hall–Kier alpha value is -3.85. The van der Waals surface area contributed by atoms with Crippen molar-refractivity contribution < 1.29 is 23.8 Å². The molecule has 0 unspecified atom stereocenters. The van der Waals surface area contributed by atoms with Crippen molar-refractivity contribution in [3.8, 4) is 17.2 Å². The third kappa shape index (κ3) is 3.96. The average Bonchev–Trinajstić information content (AvgIpc) is 3.26. The summed E-state index contributed by atoms with van der Waals surface area (Å²) >= 11 is 1.30. The van der Waals surface area contributed by atoms with Crippen molar-refractivity contribution in [1.82, 2.24) is 4.98 Å². The molecule has 4 aromatic rings. The Bertz CT molecular complexity index is 1280. The van der Waals surface area contributed by atoms with Gasteiger partial charge in [0, 0.05) is 29.1 Å². The lowest BCUT2D eigenvalue weighted by molar-refractivity contribution is 0.102. The zero-order chi connectivity index (χ0) is 21.1. The lowest BCUT2D eigenvalue weighted by atomic mass is 10.1. The van der Waals surface area contributed by atoms with Crippen LogP contribution in [-0.4, -0.2) is 30.2 Å². The van der Waals surface area contributed by atoms with Crippen LogP contribution in [-0.2, 0) is 0 Å². The second-order valence-electron chi connectivity index (χ2n) is 6.13. The highest BCUT2D eigenvalue weighted by atomic mass is 32.1. The number of ether oxygens (including phenoxy) is 2. The van der Waals surface area contributed by atoms with E-state index in [1.54, 1.807) is 49.0 Å². The van der Waals surface area contributed by atoms with Crippen molar-refractivity contribution in [3.05, 3.63) is 65.2 Å². The third-order valence-corrected chi connectivity index (χ3v) is 4.92. The molecule has 30 heavy (non-hydrogen) atoms. The van der Waals surface area contributed by atoms with Gasteiger partial charge in [-0.3, -0.25) is 10.1 Å². The van der Waals surface area contributed by atoms with E-state index < -0.39 is 5.91 Å². The molecule has 2 aromatic heterocycles. The topological polar surface area (TPSA) is 106 Å². The number of methoxy groups -OCH3 is 2. The minimum Gasteiger partial charge on any atom is -0.508 e. The quantitative estimate of drug-likeness (QED) is 0.501. The minimum absolute atomic E-state index is 0.0447. The molecule has 0 aliphatic carbocycles. The predicted octanol–water partition coefficient (Wildman–Crippen LogP) is 4.10. The fourth-order valence-corrected chi connectivity index (χ4v) is 3.34. The first kappa shape index (κ1) is 19.5. The van der Waals surface area contributed by atoms with Crippen LogP contribution in [0.25, 0.3) is 11.0 Å². The van der Waals surface area contributed by atoms with Crippen LogP contribution in [0.1, 0.15) is 10.4 Å². The number of nitrogens with zero attached hydrogens (tertiary/aromatic N) is 2. The second kappa shape index (κ2) is 8.26. The SMILES string of the molecule is COc1ccc(N=c2oc3cc(O)ccc3cc2C(=O)Nc2nccs2)cc1OC. The van der Waals surface area contributed by atoms with Crippen LogP contribution in [0.4, 0.5) is 10.8 Å². The molecule has 0 spiro atoms. The molecule has 0 aliphatic rings. The second-order valence-corrected chi connectivity index (χ2v) is 7.02. The van der Waals surface area contributed by atoms with E-state index in [1.165, 1.54) is 30.6 Å². The molecule has 0 radical (unpaired) electrons. The average molecular weight is 423 g/mol. The Morgan fingerprint density at radius 2 is 1.97 bits per heavy atom. The molecule has 0 saturated heterocycles. The first-order valence-corrected chi connectivity index (χ1v) is 9.70. The summed E-state index contributed by atoms with van der Waals surface area (Å²) in [5.74, 6) is 0.677. The number of carbonyl (C=O) groups is 1. The van der Waals surface area contributed by atoms with E-state index in [-0.39, 0.29) is 16.9 Å². The minimum atomic E-state index is -0.414. The number of rotatable bonds is 5. The summed E-state index contributed by atoms with van der Waals surface area (Å²) in [4.78, 5) is 21.5. The van der Waals surface area contributed by atoms with Gasteiger partial charge in [-0.2, -0.15) is 0 Å². The van der Waals surface area contributed by atoms with Crippen molar-refractivity contribution in [1.29, 1.82) is 0 Å². The number of phenolic OH excluding ortho intramolecular Hbond substituents is 1. The number of anilines is 1. The van der Waals surface area contributed by atoms with Gasteiger partial charge < -0.3 is 19.0 Å². The van der Waals surface area contributed by atoms with Crippen LogP contribution in [0.3, 0.4) is 0 Å². The van der Waals surface area contributed by atoms with Gasteiger partial charge in [-0.15, -0.1) is 11.3 Å². The molecule has 0 atom stereocenters. The maximum Gasteiger partial charge on any atom is 0.262 e. The van der Waals surface area contributed by atoms with Crippen molar-refractivity contribution in [2.75, 3.05) is 19.5 Å². The van der Waals surface area contributed by atoms with E-state index in [2.05, 4.69) is 15.3 Å². The molecule has 2 heterocycles. The number of thiazole rings is 1. The number of aromatic nitrogens is 1. The summed E-state index contributed by atoms with van der Waals surface area (Å²) in [5, 5.41) is 15.4. The van der Waals surface area contributed by atoms with Crippen LogP contribution >= 0.6 is 11.3 Å². The molecule has 152 valence electrons. The highest BCUT2D eigenvalue weighted by molar-refractivity contribution is 7.13. The number of hydrogen-bond acceptors (Lipinski definition) is 8. The molecule has 0 saturated carbocycles. The van der Waals surface area contributed by atoms with Gasteiger partial charge in [-0.25, -0.2) is 9.98 Å². The largest absolute Gasteiger partial charge is 0.508 e. The number of nitrogens with one attached hydrogen (secondary N) is 1. The van der Waals surface area contributed by atoms with E-state index in [1.807, 2.05) is 0 Å². The van der Waals surface area contributed by atoms with E-state index in [0.717, 1.165) is 0 Å². The van der Waals surface area contributed by atoms with Crippen LogP contribution in [0.15, 0.2) is 63.5 Å². The molecule has 4 rings (SSSR count). The lowest BCUT2D eigenvalue weighted by Gasteiger charge is -2.08.